The van der Waals surface area contributed by atoms with E-state index in [9.17, 15) is 18.4 Å². The normalized spacial score (nSPS) is 30.6. The highest BCUT2D eigenvalue weighted by molar-refractivity contribution is 4.95. The fraction of sp³-hybridized carbons (Fsp3) is 0.636. The van der Waals surface area contributed by atoms with Crippen molar-refractivity contribution in [1.82, 2.24) is 9.55 Å². The Bertz CT molecular complexity index is 552. The Balaban J connectivity index is 2.45. The lowest BCUT2D eigenvalue weighted by Crippen LogP contribution is -2.39. The highest BCUT2D eigenvalue weighted by Crippen LogP contribution is 2.46. The number of H-pyrrole nitrogens is 1. The van der Waals surface area contributed by atoms with Crippen molar-refractivity contribution < 1.29 is 13.5 Å². The lowest BCUT2D eigenvalue weighted by molar-refractivity contribution is -0.125. The van der Waals surface area contributed by atoms with Crippen LogP contribution in [-0.4, -0.2) is 21.6 Å². The van der Waals surface area contributed by atoms with Crippen molar-refractivity contribution in [2.75, 3.05) is 0 Å². The highest BCUT2D eigenvalue weighted by atomic mass is 19.3. The number of nitrogens with zero attached hydrogens (tertiary/aromatic N) is 1. The molecule has 1 aromatic rings. The number of rotatable bonds is 2. The standard InChI is InChI=1S/C11H14F2N2O3/c1-3-7-6(2)11(12,13)9(18-7)15-5-4-8(16)14-10(15)17/h4-7,9H,3H2,1-2H3,(H,14,16,17)/t6-,7-,9-/m1/s1. The van der Waals surface area contributed by atoms with Crippen molar-refractivity contribution in [2.45, 2.75) is 38.5 Å². The highest BCUT2D eigenvalue weighted by Gasteiger charge is 2.57. The van der Waals surface area contributed by atoms with Crippen molar-refractivity contribution in [3.05, 3.63) is 33.1 Å². The molecule has 0 unspecified atom stereocenters. The van der Waals surface area contributed by atoms with Crippen LogP contribution in [0.25, 0.3) is 0 Å². The summed E-state index contributed by atoms with van der Waals surface area (Å²) in [7, 11) is 0. The summed E-state index contributed by atoms with van der Waals surface area (Å²) in [6, 6.07) is 1.02. The summed E-state index contributed by atoms with van der Waals surface area (Å²) in [5, 5.41) is 0. The predicted octanol–water partition coefficient (Wildman–Crippen LogP) is 1.12. The number of alkyl halides is 2. The minimum Gasteiger partial charge on any atom is -0.348 e. The molecule has 0 saturated carbocycles. The second kappa shape index (κ2) is 4.31. The molecule has 100 valence electrons. The van der Waals surface area contributed by atoms with Gasteiger partial charge in [-0.1, -0.05) is 13.8 Å². The minimum absolute atomic E-state index is 0.436. The van der Waals surface area contributed by atoms with Gasteiger partial charge in [0, 0.05) is 12.3 Å². The maximum Gasteiger partial charge on any atom is 0.330 e. The molecule has 18 heavy (non-hydrogen) atoms. The molecular weight excluding hydrogens is 246 g/mol. The maximum absolute atomic E-state index is 14.0. The zero-order chi connectivity index (χ0) is 13.5. The molecule has 3 atom stereocenters. The Hall–Kier alpha value is -1.50. The monoisotopic (exact) mass is 260 g/mol. The van der Waals surface area contributed by atoms with E-state index < -0.39 is 35.4 Å². The van der Waals surface area contributed by atoms with E-state index in [0.29, 0.717) is 6.42 Å². The summed E-state index contributed by atoms with van der Waals surface area (Å²) in [4.78, 5) is 24.4. The number of nitrogens with one attached hydrogen (secondary N) is 1. The van der Waals surface area contributed by atoms with Crippen LogP contribution in [-0.2, 0) is 4.74 Å². The summed E-state index contributed by atoms with van der Waals surface area (Å²) in [5.41, 5.74) is -1.52. The molecule has 1 aliphatic heterocycles. The van der Waals surface area contributed by atoms with Crippen molar-refractivity contribution in [3.63, 3.8) is 0 Å². The Labute approximate surface area is 101 Å². The lowest BCUT2D eigenvalue weighted by Gasteiger charge is -2.21. The van der Waals surface area contributed by atoms with Crippen molar-refractivity contribution in [2.24, 2.45) is 5.92 Å². The average molecular weight is 260 g/mol. The Morgan fingerprint density at radius 3 is 2.67 bits per heavy atom. The molecule has 0 amide bonds. The fourth-order valence-corrected chi connectivity index (χ4v) is 2.16. The van der Waals surface area contributed by atoms with Gasteiger partial charge in [0.05, 0.1) is 12.0 Å². The van der Waals surface area contributed by atoms with Crippen LogP contribution in [0.3, 0.4) is 0 Å². The number of hydrogen-bond acceptors (Lipinski definition) is 3. The van der Waals surface area contributed by atoms with Crippen molar-refractivity contribution >= 4 is 0 Å². The van der Waals surface area contributed by atoms with Gasteiger partial charge >= 0.3 is 5.69 Å². The van der Waals surface area contributed by atoms with Gasteiger partial charge in [-0.3, -0.25) is 14.3 Å². The third kappa shape index (κ3) is 1.88. The van der Waals surface area contributed by atoms with E-state index in [1.165, 1.54) is 6.92 Å². The maximum atomic E-state index is 14.0. The van der Waals surface area contributed by atoms with Crippen LogP contribution in [0.5, 0.6) is 0 Å². The molecule has 1 aromatic heterocycles. The molecule has 1 aliphatic rings. The molecule has 1 fully saturated rings. The van der Waals surface area contributed by atoms with Gasteiger partial charge in [-0.05, 0) is 6.42 Å². The lowest BCUT2D eigenvalue weighted by atomic mass is 9.98. The zero-order valence-corrected chi connectivity index (χ0v) is 10.0. The molecule has 0 aromatic carbocycles. The van der Waals surface area contributed by atoms with Gasteiger partial charge in [0.15, 0.2) is 0 Å². The molecule has 2 heterocycles. The summed E-state index contributed by atoms with van der Waals surface area (Å²) >= 11 is 0. The van der Waals surface area contributed by atoms with Crippen molar-refractivity contribution in [1.29, 1.82) is 0 Å². The number of halogens is 2. The third-order valence-electron chi connectivity index (χ3n) is 3.30. The van der Waals surface area contributed by atoms with Gasteiger partial charge in [-0.2, -0.15) is 0 Å². The zero-order valence-electron chi connectivity index (χ0n) is 10.0. The Morgan fingerprint density at radius 2 is 2.17 bits per heavy atom. The molecule has 0 spiro atoms. The van der Waals surface area contributed by atoms with Gasteiger partial charge < -0.3 is 4.74 Å². The SMILES string of the molecule is CC[C@H]1O[C@@H](n2ccc(=O)[nH]c2=O)C(F)(F)[C@@H]1C. The van der Waals surface area contributed by atoms with Gasteiger partial charge in [0.1, 0.15) is 0 Å². The van der Waals surface area contributed by atoms with Crippen molar-refractivity contribution in [3.8, 4) is 0 Å². The molecule has 5 nitrogen and oxygen atoms in total. The van der Waals surface area contributed by atoms with E-state index in [-0.39, 0.29) is 0 Å². The quantitative estimate of drug-likeness (QED) is 0.866. The summed E-state index contributed by atoms with van der Waals surface area (Å²) in [6.07, 6.45) is -0.804. The van der Waals surface area contributed by atoms with Crippen LogP contribution >= 0.6 is 0 Å². The van der Waals surface area contributed by atoms with Crippen LogP contribution in [0.1, 0.15) is 26.5 Å². The molecule has 2 rings (SSSR count). The predicted molar refractivity (Wildman–Crippen MR) is 59.6 cm³/mol. The molecular formula is C11H14F2N2O3. The van der Waals surface area contributed by atoms with Gasteiger partial charge in [-0.25, -0.2) is 13.6 Å². The first-order valence-corrected chi connectivity index (χ1v) is 5.72. The van der Waals surface area contributed by atoms with Crippen LogP contribution in [0.4, 0.5) is 8.78 Å². The van der Waals surface area contributed by atoms with Gasteiger partial charge in [0.25, 0.3) is 11.5 Å². The van der Waals surface area contributed by atoms with Crippen LogP contribution in [0.15, 0.2) is 21.9 Å². The number of hydrogen-bond donors (Lipinski definition) is 1. The van der Waals surface area contributed by atoms with Crippen LogP contribution < -0.4 is 11.2 Å². The largest absolute Gasteiger partial charge is 0.348 e. The first kappa shape index (κ1) is 12.9. The molecule has 0 aliphatic carbocycles. The fourth-order valence-electron chi connectivity index (χ4n) is 2.16. The second-order valence-electron chi connectivity index (χ2n) is 4.42. The summed E-state index contributed by atoms with van der Waals surface area (Å²) in [6.45, 7) is 3.14. The van der Waals surface area contributed by atoms with E-state index in [4.69, 9.17) is 4.74 Å². The summed E-state index contributed by atoms with van der Waals surface area (Å²) < 4.78 is 34.0. The number of ether oxygens (including phenoxy) is 1. The van der Waals surface area contributed by atoms with E-state index in [1.54, 1.807) is 6.92 Å². The molecule has 0 radical (unpaired) electrons. The van der Waals surface area contributed by atoms with E-state index >= 15 is 0 Å². The number of aromatic nitrogens is 2. The van der Waals surface area contributed by atoms with E-state index in [0.717, 1.165) is 16.8 Å². The van der Waals surface area contributed by atoms with Crippen LogP contribution in [0.2, 0.25) is 0 Å². The first-order valence-electron chi connectivity index (χ1n) is 5.72. The molecule has 0 bridgehead atoms. The first-order chi connectivity index (χ1) is 8.37. The molecule has 1 saturated heterocycles. The molecule has 7 heteroatoms. The van der Waals surface area contributed by atoms with Gasteiger partial charge in [0.2, 0.25) is 6.23 Å². The smallest absolute Gasteiger partial charge is 0.330 e. The van der Waals surface area contributed by atoms with Crippen LogP contribution in [0, 0.1) is 5.92 Å². The average Bonchev–Trinajstić information content (AvgIpc) is 2.52. The third-order valence-corrected chi connectivity index (χ3v) is 3.30. The minimum atomic E-state index is -3.15. The topological polar surface area (TPSA) is 64.1 Å². The second-order valence-corrected chi connectivity index (χ2v) is 4.42. The van der Waals surface area contributed by atoms with E-state index in [2.05, 4.69) is 0 Å². The number of aromatic amines is 1. The van der Waals surface area contributed by atoms with Gasteiger partial charge in [-0.15, -0.1) is 0 Å². The Morgan fingerprint density at radius 1 is 1.50 bits per heavy atom. The van der Waals surface area contributed by atoms with E-state index in [1.807, 2.05) is 4.98 Å². The molecule has 1 N–H and O–H groups in total. The Kier molecular flexibility index (Phi) is 3.10. The summed E-state index contributed by atoms with van der Waals surface area (Å²) in [5.74, 6) is -4.13.